The minimum atomic E-state index is -0.696. The summed E-state index contributed by atoms with van der Waals surface area (Å²) in [6.07, 6.45) is 7.78. The number of amides is 1. The molecule has 2 fully saturated rings. The van der Waals surface area contributed by atoms with E-state index < -0.39 is 11.6 Å². The summed E-state index contributed by atoms with van der Waals surface area (Å²) in [5.41, 5.74) is 0. The second-order valence-electron chi connectivity index (χ2n) is 7.54. The Balaban J connectivity index is 1.25. The maximum atomic E-state index is 13.8. The predicted molar refractivity (Wildman–Crippen MR) is 104 cm³/mol. The van der Waals surface area contributed by atoms with Crippen LogP contribution in [-0.4, -0.2) is 53.1 Å². The number of nitrogens with zero attached hydrogens (tertiary/aromatic N) is 4. The Morgan fingerprint density at radius 3 is 2.45 bits per heavy atom. The molecule has 2 aromatic rings. The lowest BCUT2D eigenvalue weighted by Crippen LogP contribution is -2.47. The molecule has 154 valence electrons. The maximum Gasteiger partial charge on any atom is 0.225 e. The number of halogens is 2. The summed E-state index contributed by atoms with van der Waals surface area (Å²) in [5.74, 6) is -0.193. The van der Waals surface area contributed by atoms with Crippen LogP contribution in [0, 0.1) is 17.6 Å². The molecule has 0 spiro atoms. The van der Waals surface area contributed by atoms with Gasteiger partial charge in [-0.25, -0.2) is 13.8 Å². The number of benzene rings is 1. The average molecular weight is 402 g/mol. The van der Waals surface area contributed by atoms with E-state index in [1.807, 2.05) is 4.90 Å². The van der Waals surface area contributed by atoms with Crippen molar-refractivity contribution < 1.29 is 18.3 Å². The molecule has 2 aliphatic rings. The first kappa shape index (κ1) is 19.5. The van der Waals surface area contributed by atoms with E-state index in [-0.39, 0.29) is 23.7 Å². The summed E-state index contributed by atoms with van der Waals surface area (Å²) in [4.78, 5) is 25.4. The van der Waals surface area contributed by atoms with Gasteiger partial charge in [0.2, 0.25) is 5.91 Å². The van der Waals surface area contributed by atoms with Crippen LogP contribution in [0.5, 0.6) is 5.75 Å². The fourth-order valence-corrected chi connectivity index (χ4v) is 4.01. The molecule has 2 aliphatic heterocycles. The number of likely N-dealkylation sites (tertiary alicyclic amines) is 1. The van der Waals surface area contributed by atoms with Gasteiger partial charge in [-0.05, 0) is 25.0 Å². The first-order valence-electron chi connectivity index (χ1n) is 10.0. The van der Waals surface area contributed by atoms with Crippen molar-refractivity contribution in [3.8, 4) is 5.75 Å². The lowest BCUT2D eigenvalue weighted by atomic mass is 9.94. The fourth-order valence-electron chi connectivity index (χ4n) is 4.01. The van der Waals surface area contributed by atoms with Crippen molar-refractivity contribution in [3.05, 3.63) is 48.4 Å². The molecule has 0 radical (unpaired) electrons. The van der Waals surface area contributed by atoms with E-state index in [1.165, 1.54) is 12.1 Å². The normalized spacial score (nSPS) is 18.7. The van der Waals surface area contributed by atoms with Crippen LogP contribution in [0.15, 0.2) is 36.8 Å². The van der Waals surface area contributed by atoms with Crippen LogP contribution in [0.1, 0.15) is 25.7 Å². The van der Waals surface area contributed by atoms with Gasteiger partial charge in [-0.15, -0.1) is 0 Å². The summed E-state index contributed by atoms with van der Waals surface area (Å²) >= 11 is 0. The van der Waals surface area contributed by atoms with Gasteiger partial charge >= 0.3 is 0 Å². The van der Waals surface area contributed by atoms with E-state index in [0.29, 0.717) is 25.9 Å². The van der Waals surface area contributed by atoms with Crippen LogP contribution in [0.2, 0.25) is 0 Å². The van der Waals surface area contributed by atoms with E-state index >= 15 is 0 Å². The van der Waals surface area contributed by atoms with Gasteiger partial charge in [0, 0.05) is 63.4 Å². The highest BCUT2D eigenvalue weighted by Crippen LogP contribution is 2.26. The highest BCUT2D eigenvalue weighted by molar-refractivity contribution is 5.79. The van der Waals surface area contributed by atoms with Crippen molar-refractivity contribution in [2.75, 3.05) is 31.1 Å². The summed E-state index contributed by atoms with van der Waals surface area (Å²) in [7, 11) is 0. The van der Waals surface area contributed by atoms with Crippen molar-refractivity contribution in [1.82, 2.24) is 14.9 Å². The van der Waals surface area contributed by atoms with Crippen molar-refractivity contribution in [1.29, 1.82) is 0 Å². The average Bonchev–Trinajstić information content (AvgIpc) is 2.76. The number of rotatable bonds is 4. The first-order chi connectivity index (χ1) is 14.1. The lowest BCUT2D eigenvalue weighted by molar-refractivity contribution is -0.138. The number of hydrogen-bond donors (Lipinski definition) is 0. The molecule has 1 aromatic heterocycles. The molecular formula is C21H24F2N4O2. The monoisotopic (exact) mass is 402 g/mol. The molecule has 4 rings (SSSR count). The van der Waals surface area contributed by atoms with Crippen LogP contribution in [-0.2, 0) is 4.79 Å². The summed E-state index contributed by atoms with van der Waals surface area (Å²) in [6.45, 7) is 2.77. The minimum absolute atomic E-state index is 0.0231. The van der Waals surface area contributed by atoms with Gasteiger partial charge in [0.1, 0.15) is 17.7 Å². The molecule has 29 heavy (non-hydrogen) atoms. The summed E-state index contributed by atoms with van der Waals surface area (Å²) in [5, 5.41) is 0. The molecule has 6 nitrogen and oxygen atoms in total. The largest absolute Gasteiger partial charge is 0.487 e. The molecule has 8 heteroatoms. The van der Waals surface area contributed by atoms with Crippen LogP contribution in [0.25, 0.3) is 0 Å². The second-order valence-corrected chi connectivity index (χ2v) is 7.54. The highest BCUT2D eigenvalue weighted by atomic mass is 19.1. The number of carbonyl (C=O) groups is 1. The van der Waals surface area contributed by atoms with E-state index in [4.69, 9.17) is 4.74 Å². The van der Waals surface area contributed by atoms with Gasteiger partial charge in [0.25, 0.3) is 0 Å². The van der Waals surface area contributed by atoms with E-state index in [1.54, 1.807) is 18.6 Å². The highest BCUT2D eigenvalue weighted by Gasteiger charge is 2.31. The standard InChI is InChI=1S/C21H24F2N4O2/c22-16-1-2-19(18(23)13-16)29-17-5-11-27(12-6-17)21(28)15-3-9-26(10-4-15)20-14-24-7-8-25-20/h1-2,7-8,13-15,17H,3-6,9-12H2. The molecule has 0 N–H and O–H groups in total. The topological polar surface area (TPSA) is 58.6 Å². The van der Waals surface area contributed by atoms with E-state index in [2.05, 4.69) is 14.9 Å². The van der Waals surface area contributed by atoms with Gasteiger partial charge in [0.05, 0.1) is 6.20 Å². The molecule has 1 aromatic carbocycles. The SMILES string of the molecule is O=C(C1CCN(c2cnccn2)CC1)N1CCC(Oc2ccc(F)cc2F)CC1. The van der Waals surface area contributed by atoms with Crippen molar-refractivity contribution in [3.63, 3.8) is 0 Å². The maximum absolute atomic E-state index is 13.8. The van der Waals surface area contributed by atoms with Crippen LogP contribution in [0.4, 0.5) is 14.6 Å². The number of ether oxygens (including phenoxy) is 1. The van der Waals surface area contributed by atoms with Gasteiger partial charge in [-0.2, -0.15) is 0 Å². The number of piperidine rings is 2. The fraction of sp³-hybridized carbons (Fsp3) is 0.476. The zero-order valence-corrected chi connectivity index (χ0v) is 16.1. The van der Waals surface area contributed by atoms with Gasteiger partial charge in [-0.1, -0.05) is 0 Å². The Labute approximate surface area is 168 Å². The van der Waals surface area contributed by atoms with E-state index in [0.717, 1.165) is 37.8 Å². The Bertz CT molecular complexity index is 836. The lowest BCUT2D eigenvalue weighted by Gasteiger charge is -2.37. The van der Waals surface area contributed by atoms with Gasteiger partial charge in [0.15, 0.2) is 11.6 Å². The predicted octanol–water partition coefficient (Wildman–Crippen LogP) is 3.04. The Kier molecular flexibility index (Phi) is 5.87. The molecule has 0 bridgehead atoms. The second kappa shape index (κ2) is 8.71. The Morgan fingerprint density at radius 1 is 1.03 bits per heavy atom. The summed E-state index contributed by atoms with van der Waals surface area (Å²) in [6, 6.07) is 3.32. The first-order valence-corrected chi connectivity index (χ1v) is 10.0. The number of anilines is 1. The molecule has 0 saturated carbocycles. The van der Waals surface area contributed by atoms with Gasteiger partial charge < -0.3 is 14.5 Å². The number of carbonyl (C=O) groups excluding carboxylic acids is 1. The Hall–Kier alpha value is -2.77. The third kappa shape index (κ3) is 4.63. The minimum Gasteiger partial charge on any atom is -0.487 e. The molecular weight excluding hydrogens is 378 g/mol. The van der Waals surface area contributed by atoms with Crippen molar-refractivity contribution in [2.24, 2.45) is 5.92 Å². The molecule has 0 atom stereocenters. The van der Waals surface area contributed by atoms with Crippen molar-refractivity contribution in [2.45, 2.75) is 31.8 Å². The molecule has 3 heterocycles. The van der Waals surface area contributed by atoms with Crippen LogP contribution < -0.4 is 9.64 Å². The number of aromatic nitrogens is 2. The molecule has 2 saturated heterocycles. The quantitative estimate of drug-likeness (QED) is 0.787. The smallest absolute Gasteiger partial charge is 0.225 e. The third-order valence-corrected chi connectivity index (χ3v) is 5.66. The summed E-state index contributed by atoms with van der Waals surface area (Å²) < 4.78 is 32.5. The van der Waals surface area contributed by atoms with Gasteiger partial charge in [-0.3, -0.25) is 9.78 Å². The zero-order chi connectivity index (χ0) is 20.2. The molecule has 0 unspecified atom stereocenters. The van der Waals surface area contributed by atoms with Crippen LogP contribution >= 0.6 is 0 Å². The Morgan fingerprint density at radius 2 is 1.79 bits per heavy atom. The number of hydrogen-bond acceptors (Lipinski definition) is 5. The third-order valence-electron chi connectivity index (χ3n) is 5.66. The zero-order valence-electron chi connectivity index (χ0n) is 16.1. The molecule has 1 amide bonds. The van der Waals surface area contributed by atoms with Crippen LogP contribution in [0.3, 0.4) is 0 Å². The van der Waals surface area contributed by atoms with E-state index in [9.17, 15) is 13.6 Å². The molecule has 0 aliphatic carbocycles. The van der Waals surface area contributed by atoms with Crippen molar-refractivity contribution >= 4 is 11.7 Å².